The first kappa shape index (κ1) is 14.4. The van der Waals surface area contributed by atoms with Gasteiger partial charge in [-0.05, 0) is 30.2 Å². The van der Waals surface area contributed by atoms with Crippen LogP contribution < -0.4 is 5.73 Å². The smallest absolute Gasteiger partial charge is 0.204 e. The lowest BCUT2D eigenvalue weighted by atomic mass is 10.0. The molecule has 0 heterocycles. The summed E-state index contributed by atoms with van der Waals surface area (Å²) in [5, 5.41) is 9.82. The standard InChI is InChI=1S/C14H12O2.CH3NO/c1-10-5-6-13(14(16)7-10)12-4-2-3-11(8-12)9-15;2-1-3/h2-9,16H,1H3;1H,(H2,2,3). The Kier molecular flexibility index (Phi) is 5.29. The summed E-state index contributed by atoms with van der Waals surface area (Å²) < 4.78 is 0. The van der Waals surface area contributed by atoms with Crippen LogP contribution in [-0.2, 0) is 4.79 Å². The van der Waals surface area contributed by atoms with Crippen LogP contribution in [0.4, 0.5) is 0 Å². The monoisotopic (exact) mass is 257 g/mol. The van der Waals surface area contributed by atoms with Gasteiger partial charge >= 0.3 is 0 Å². The van der Waals surface area contributed by atoms with Crippen LogP contribution in [0.3, 0.4) is 0 Å². The van der Waals surface area contributed by atoms with E-state index in [1.54, 1.807) is 24.3 Å². The summed E-state index contributed by atoms with van der Waals surface area (Å²) in [4.78, 5) is 19.2. The van der Waals surface area contributed by atoms with Crippen molar-refractivity contribution in [2.45, 2.75) is 6.92 Å². The van der Waals surface area contributed by atoms with Crippen molar-refractivity contribution in [1.29, 1.82) is 0 Å². The number of nitrogens with two attached hydrogens (primary N) is 1. The van der Waals surface area contributed by atoms with Crippen molar-refractivity contribution in [2.75, 3.05) is 0 Å². The Morgan fingerprint density at radius 3 is 2.37 bits per heavy atom. The number of hydrogen-bond donors (Lipinski definition) is 2. The molecule has 4 heteroatoms. The van der Waals surface area contributed by atoms with E-state index in [-0.39, 0.29) is 12.2 Å². The molecule has 0 fully saturated rings. The molecule has 0 aromatic heterocycles. The average molecular weight is 257 g/mol. The highest BCUT2D eigenvalue weighted by molar-refractivity contribution is 5.80. The SMILES string of the molecule is Cc1ccc(-c2cccc(C=O)c2)c(O)c1.NC=O. The normalized spacial score (nSPS) is 9.11. The third-order valence-corrected chi connectivity index (χ3v) is 2.49. The number of primary amides is 1. The van der Waals surface area contributed by atoms with Gasteiger partial charge in [0.2, 0.25) is 6.41 Å². The van der Waals surface area contributed by atoms with Crippen LogP contribution in [0.2, 0.25) is 0 Å². The van der Waals surface area contributed by atoms with E-state index in [4.69, 9.17) is 4.79 Å². The van der Waals surface area contributed by atoms with E-state index in [1.165, 1.54) is 0 Å². The predicted molar refractivity (Wildman–Crippen MR) is 73.9 cm³/mol. The molecule has 4 nitrogen and oxygen atoms in total. The number of phenolic OH excluding ortho intramolecular Hbond substituents is 1. The zero-order valence-corrected chi connectivity index (χ0v) is 10.5. The Bertz CT molecular complexity index is 579. The number of aromatic hydroxyl groups is 1. The van der Waals surface area contributed by atoms with Gasteiger partial charge < -0.3 is 10.8 Å². The van der Waals surface area contributed by atoms with E-state index in [2.05, 4.69) is 5.73 Å². The highest BCUT2D eigenvalue weighted by Gasteiger charge is 2.04. The number of benzene rings is 2. The van der Waals surface area contributed by atoms with Gasteiger partial charge in [0.05, 0.1) is 0 Å². The summed E-state index contributed by atoms with van der Waals surface area (Å²) in [6.45, 7) is 1.92. The van der Waals surface area contributed by atoms with Gasteiger partial charge in [-0.25, -0.2) is 0 Å². The molecular formula is C15H15NO3. The maximum atomic E-state index is 10.7. The molecule has 19 heavy (non-hydrogen) atoms. The lowest BCUT2D eigenvalue weighted by Gasteiger charge is -2.06. The van der Waals surface area contributed by atoms with Crippen molar-refractivity contribution in [3.05, 3.63) is 53.6 Å². The average Bonchev–Trinajstić information content (AvgIpc) is 2.39. The highest BCUT2D eigenvalue weighted by atomic mass is 16.3. The second kappa shape index (κ2) is 6.96. The topological polar surface area (TPSA) is 80.4 Å². The van der Waals surface area contributed by atoms with Crippen molar-refractivity contribution in [3.63, 3.8) is 0 Å². The van der Waals surface area contributed by atoms with Gasteiger partial charge in [0, 0.05) is 11.1 Å². The van der Waals surface area contributed by atoms with E-state index in [0.29, 0.717) is 5.56 Å². The number of amides is 1. The Labute approximate surface area is 111 Å². The minimum atomic E-state index is 0.239. The van der Waals surface area contributed by atoms with Crippen molar-refractivity contribution in [1.82, 2.24) is 0 Å². The molecule has 98 valence electrons. The van der Waals surface area contributed by atoms with Gasteiger partial charge in [0.25, 0.3) is 0 Å². The fraction of sp³-hybridized carbons (Fsp3) is 0.0667. The zero-order valence-electron chi connectivity index (χ0n) is 10.5. The molecule has 0 aliphatic carbocycles. The molecule has 0 unspecified atom stereocenters. The molecule has 0 saturated heterocycles. The predicted octanol–water partition coefficient (Wildman–Crippen LogP) is 2.28. The van der Waals surface area contributed by atoms with Crippen LogP contribution in [-0.4, -0.2) is 17.8 Å². The lowest BCUT2D eigenvalue weighted by Crippen LogP contribution is -1.84. The summed E-state index contributed by atoms with van der Waals surface area (Å²) >= 11 is 0. The third-order valence-electron chi connectivity index (χ3n) is 2.49. The largest absolute Gasteiger partial charge is 0.507 e. The van der Waals surface area contributed by atoms with Gasteiger partial charge in [-0.2, -0.15) is 0 Å². The van der Waals surface area contributed by atoms with Crippen LogP contribution in [0, 0.1) is 6.92 Å². The first-order valence-electron chi connectivity index (χ1n) is 5.63. The van der Waals surface area contributed by atoms with Crippen LogP contribution in [0.25, 0.3) is 11.1 Å². The summed E-state index contributed by atoms with van der Waals surface area (Å²) in [6, 6.07) is 12.7. The molecule has 2 aromatic rings. The number of carbonyl (C=O) groups excluding carboxylic acids is 2. The van der Waals surface area contributed by atoms with E-state index < -0.39 is 0 Å². The number of carbonyl (C=O) groups is 2. The number of hydrogen-bond acceptors (Lipinski definition) is 3. The molecule has 3 N–H and O–H groups in total. The van der Waals surface area contributed by atoms with Crippen LogP contribution >= 0.6 is 0 Å². The van der Waals surface area contributed by atoms with Gasteiger partial charge in [-0.3, -0.25) is 9.59 Å². The number of rotatable bonds is 2. The lowest BCUT2D eigenvalue weighted by molar-refractivity contribution is -0.106. The molecule has 1 amide bonds. The fourth-order valence-electron chi connectivity index (χ4n) is 1.67. The highest BCUT2D eigenvalue weighted by Crippen LogP contribution is 2.29. The second-order valence-corrected chi connectivity index (χ2v) is 3.90. The van der Waals surface area contributed by atoms with Crippen molar-refractivity contribution in [2.24, 2.45) is 5.73 Å². The minimum Gasteiger partial charge on any atom is -0.507 e. The van der Waals surface area contributed by atoms with Crippen LogP contribution in [0.1, 0.15) is 15.9 Å². The molecule has 2 aromatic carbocycles. The summed E-state index contributed by atoms with van der Waals surface area (Å²) in [7, 11) is 0. The van der Waals surface area contributed by atoms with Gasteiger partial charge in [-0.1, -0.05) is 30.3 Å². The van der Waals surface area contributed by atoms with Gasteiger partial charge in [0.1, 0.15) is 12.0 Å². The zero-order chi connectivity index (χ0) is 14.3. The number of aldehydes is 1. The quantitative estimate of drug-likeness (QED) is 0.810. The minimum absolute atomic E-state index is 0.239. The van der Waals surface area contributed by atoms with Crippen molar-refractivity contribution >= 4 is 12.7 Å². The van der Waals surface area contributed by atoms with E-state index in [0.717, 1.165) is 23.0 Å². The van der Waals surface area contributed by atoms with Crippen molar-refractivity contribution < 1.29 is 14.7 Å². The van der Waals surface area contributed by atoms with Crippen LogP contribution in [0.15, 0.2) is 42.5 Å². The van der Waals surface area contributed by atoms with E-state index in [9.17, 15) is 9.90 Å². The molecule has 0 atom stereocenters. The molecule has 0 saturated carbocycles. The molecular weight excluding hydrogens is 242 g/mol. The Morgan fingerprint density at radius 2 is 1.79 bits per heavy atom. The Hall–Kier alpha value is -2.62. The molecule has 0 bridgehead atoms. The number of aryl methyl sites for hydroxylation is 1. The van der Waals surface area contributed by atoms with Gasteiger partial charge in [0.15, 0.2) is 0 Å². The van der Waals surface area contributed by atoms with E-state index >= 15 is 0 Å². The first-order chi connectivity index (χ1) is 9.12. The first-order valence-corrected chi connectivity index (χ1v) is 5.63. The third kappa shape index (κ3) is 3.96. The molecule has 2 rings (SSSR count). The Balaban J connectivity index is 0.000000550. The number of phenols is 1. The Morgan fingerprint density at radius 1 is 1.11 bits per heavy atom. The molecule has 0 aliphatic rings. The fourth-order valence-corrected chi connectivity index (χ4v) is 1.67. The second-order valence-electron chi connectivity index (χ2n) is 3.90. The molecule has 0 radical (unpaired) electrons. The summed E-state index contributed by atoms with van der Waals surface area (Å²) in [5.41, 5.74) is 7.38. The molecule has 0 spiro atoms. The maximum Gasteiger partial charge on any atom is 0.204 e. The maximum absolute atomic E-state index is 10.7. The van der Waals surface area contributed by atoms with E-state index in [1.807, 2.05) is 25.1 Å². The van der Waals surface area contributed by atoms with Crippen LogP contribution in [0.5, 0.6) is 5.75 Å². The summed E-state index contributed by atoms with van der Waals surface area (Å²) in [6.07, 6.45) is 1.05. The van der Waals surface area contributed by atoms with Gasteiger partial charge in [-0.15, -0.1) is 0 Å². The summed E-state index contributed by atoms with van der Waals surface area (Å²) in [5.74, 6) is 0.239. The molecule has 0 aliphatic heterocycles. The van der Waals surface area contributed by atoms with Crippen molar-refractivity contribution in [3.8, 4) is 16.9 Å².